The summed E-state index contributed by atoms with van der Waals surface area (Å²) >= 11 is 5.55. The van der Waals surface area contributed by atoms with Gasteiger partial charge in [-0.1, -0.05) is 16.8 Å². The Kier molecular flexibility index (Phi) is 2.82. The van der Waals surface area contributed by atoms with Crippen LogP contribution in [0.25, 0.3) is 0 Å². The van der Waals surface area contributed by atoms with Crippen LogP contribution in [0.2, 0.25) is 5.15 Å². The first-order valence-corrected chi connectivity index (χ1v) is 4.75. The Morgan fingerprint density at radius 2 is 2.25 bits per heavy atom. The Bertz CT molecular complexity index is 508. The number of nitrogens with zero attached hydrogens (tertiary/aromatic N) is 3. The Labute approximate surface area is 95.6 Å². The highest BCUT2D eigenvalue weighted by Crippen LogP contribution is 2.08. The number of aryl methyl sites for hydroxylation is 1. The number of hydrogen-bond acceptors (Lipinski definition) is 5. The minimum Gasteiger partial charge on any atom is -0.351 e. The first kappa shape index (κ1) is 10.6. The molecule has 0 fully saturated rings. The van der Waals surface area contributed by atoms with E-state index in [0.717, 1.165) is 0 Å². The zero-order valence-electron chi connectivity index (χ0n) is 8.27. The SMILES string of the molecule is Cc1cc(C(=O)Nc2cnc(Cl)cn2)on1. The summed E-state index contributed by atoms with van der Waals surface area (Å²) in [6, 6.07) is 1.53. The lowest BCUT2D eigenvalue weighted by Crippen LogP contribution is -2.12. The van der Waals surface area contributed by atoms with Gasteiger partial charge >= 0.3 is 0 Å². The molecule has 0 unspecified atom stereocenters. The predicted octanol–water partition coefficient (Wildman–Crippen LogP) is 1.68. The van der Waals surface area contributed by atoms with Gasteiger partial charge in [-0.3, -0.25) is 4.79 Å². The zero-order chi connectivity index (χ0) is 11.5. The van der Waals surface area contributed by atoms with Crippen molar-refractivity contribution >= 4 is 23.3 Å². The number of amides is 1. The molecule has 6 nitrogen and oxygen atoms in total. The molecule has 0 spiro atoms. The summed E-state index contributed by atoms with van der Waals surface area (Å²) in [6.07, 6.45) is 2.69. The summed E-state index contributed by atoms with van der Waals surface area (Å²) in [5.41, 5.74) is 0.632. The van der Waals surface area contributed by atoms with Crippen LogP contribution in [-0.2, 0) is 0 Å². The number of halogens is 1. The largest absolute Gasteiger partial charge is 0.351 e. The van der Waals surface area contributed by atoms with Crippen LogP contribution in [0.3, 0.4) is 0 Å². The van der Waals surface area contributed by atoms with Crippen molar-refractivity contribution in [1.82, 2.24) is 15.1 Å². The van der Waals surface area contributed by atoms with Gasteiger partial charge < -0.3 is 9.84 Å². The van der Waals surface area contributed by atoms with Gasteiger partial charge in [0.2, 0.25) is 5.76 Å². The van der Waals surface area contributed by atoms with Crippen molar-refractivity contribution in [3.63, 3.8) is 0 Å². The molecule has 2 rings (SSSR count). The van der Waals surface area contributed by atoms with E-state index in [9.17, 15) is 4.79 Å². The van der Waals surface area contributed by atoms with Crippen LogP contribution in [0.5, 0.6) is 0 Å². The average molecular weight is 239 g/mol. The van der Waals surface area contributed by atoms with Gasteiger partial charge in [-0.05, 0) is 6.92 Å². The first-order chi connectivity index (χ1) is 7.65. The van der Waals surface area contributed by atoms with Gasteiger partial charge in [0.25, 0.3) is 5.91 Å². The van der Waals surface area contributed by atoms with Crippen LogP contribution in [0.4, 0.5) is 5.82 Å². The number of rotatable bonds is 2. The molecule has 0 bridgehead atoms. The highest BCUT2D eigenvalue weighted by atomic mass is 35.5. The molecule has 2 aromatic heterocycles. The van der Waals surface area contributed by atoms with E-state index in [1.807, 2.05) is 0 Å². The molecule has 2 aromatic rings. The molecule has 0 aromatic carbocycles. The molecule has 7 heteroatoms. The van der Waals surface area contributed by atoms with Crippen molar-refractivity contribution in [1.29, 1.82) is 0 Å². The second-order valence-corrected chi connectivity index (χ2v) is 3.40. The number of aromatic nitrogens is 3. The molecule has 0 saturated carbocycles. The lowest BCUT2D eigenvalue weighted by atomic mass is 10.4. The fourth-order valence-electron chi connectivity index (χ4n) is 1.03. The fourth-order valence-corrected chi connectivity index (χ4v) is 1.12. The van der Waals surface area contributed by atoms with Crippen LogP contribution in [0.1, 0.15) is 16.2 Å². The van der Waals surface area contributed by atoms with Crippen molar-refractivity contribution < 1.29 is 9.32 Å². The van der Waals surface area contributed by atoms with Crippen molar-refractivity contribution in [2.24, 2.45) is 0 Å². The molecule has 0 saturated heterocycles. The summed E-state index contributed by atoms with van der Waals surface area (Å²) in [6.45, 7) is 1.72. The number of hydrogen-bond donors (Lipinski definition) is 1. The van der Waals surface area contributed by atoms with Gasteiger partial charge in [0.15, 0.2) is 5.82 Å². The van der Waals surface area contributed by atoms with E-state index in [0.29, 0.717) is 11.5 Å². The number of nitrogens with one attached hydrogen (secondary N) is 1. The van der Waals surface area contributed by atoms with Gasteiger partial charge in [0, 0.05) is 6.07 Å². The monoisotopic (exact) mass is 238 g/mol. The lowest BCUT2D eigenvalue weighted by molar-refractivity contribution is 0.0987. The lowest BCUT2D eigenvalue weighted by Gasteiger charge is -1.99. The van der Waals surface area contributed by atoms with E-state index < -0.39 is 5.91 Å². The number of anilines is 1. The fraction of sp³-hybridized carbons (Fsp3) is 0.111. The molecule has 16 heavy (non-hydrogen) atoms. The van der Waals surface area contributed by atoms with Crippen LogP contribution < -0.4 is 5.32 Å². The molecule has 82 valence electrons. The van der Waals surface area contributed by atoms with E-state index in [1.54, 1.807) is 6.92 Å². The summed E-state index contributed by atoms with van der Waals surface area (Å²) in [5.74, 6) is -0.0186. The topological polar surface area (TPSA) is 80.9 Å². The van der Waals surface area contributed by atoms with Crippen LogP contribution in [-0.4, -0.2) is 21.0 Å². The summed E-state index contributed by atoms with van der Waals surface area (Å²) in [5, 5.41) is 6.35. The van der Waals surface area contributed by atoms with Crippen LogP contribution in [0.15, 0.2) is 23.0 Å². The third-order valence-corrected chi connectivity index (χ3v) is 1.91. The third-order valence-electron chi connectivity index (χ3n) is 1.71. The van der Waals surface area contributed by atoms with Crippen molar-refractivity contribution in [2.45, 2.75) is 6.92 Å². The summed E-state index contributed by atoms with van der Waals surface area (Å²) in [7, 11) is 0. The molecule has 1 N–H and O–H groups in total. The standard InChI is InChI=1S/C9H7ClN4O2/c1-5-2-6(16-14-5)9(15)13-8-4-11-7(10)3-12-8/h2-4H,1H3,(H,12,13,15). The van der Waals surface area contributed by atoms with Gasteiger partial charge in [-0.15, -0.1) is 0 Å². The summed E-state index contributed by atoms with van der Waals surface area (Å²) < 4.78 is 4.79. The van der Waals surface area contributed by atoms with Crippen LogP contribution >= 0.6 is 11.6 Å². The van der Waals surface area contributed by atoms with E-state index in [4.69, 9.17) is 16.1 Å². The second kappa shape index (κ2) is 4.28. The van der Waals surface area contributed by atoms with E-state index in [-0.39, 0.29) is 10.9 Å². The van der Waals surface area contributed by atoms with E-state index in [2.05, 4.69) is 20.4 Å². The minimum atomic E-state index is -0.433. The molecular formula is C9H7ClN4O2. The number of carbonyl (C=O) groups excluding carboxylic acids is 1. The predicted molar refractivity (Wildman–Crippen MR) is 56.2 cm³/mol. The molecule has 1 amide bonds. The van der Waals surface area contributed by atoms with Crippen LogP contribution in [0, 0.1) is 6.92 Å². The Hall–Kier alpha value is -1.95. The molecular weight excluding hydrogens is 232 g/mol. The number of carbonyl (C=O) groups is 1. The molecule has 0 aliphatic rings. The van der Waals surface area contributed by atoms with Crippen molar-refractivity contribution in [2.75, 3.05) is 5.32 Å². The van der Waals surface area contributed by atoms with Gasteiger partial charge in [0.1, 0.15) is 5.15 Å². The maximum absolute atomic E-state index is 11.6. The van der Waals surface area contributed by atoms with Crippen molar-refractivity contribution in [3.05, 3.63) is 35.1 Å². The smallest absolute Gasteiger partial charge is 0.295 e. The normalized spacial score (nSPS) is 10.1. The highest BCUT2D eigenvalue weighted by molar-refractivity contribution is 6.29. The maximum Gasteiger partial charge on any atom is 0.295 e. The second-order valence-electron chi connectivity index (χ2n) is 3.01. The molecule has 0 aliphatic carbocycles. The van der Waals surface area contributed by atoms with E-state index in [1.165, 1.54) is 18.5 Å². The summed E-state index contributed by atoms with van der Waals surface area (Å²) in [4.78, 5) is 19.2. The Morgan fingerprint density at radius 3 is 2.81 bits per heavy atom. The third kappa shape index (κ3) is 2.34. The minimum absolute atomic E-state index is 0.120. The van der Waals surface area contributed by atoms with Gasteiger partial charge in [-0.25, -0.2) is 9.97 Å². The quantitative estimate of drug-likeness (QED) is 0.861. The van der Waals surface area contributed by atoms with E-state index >= 15 is 0 Å². The maximum atomic E-state index is 11.6. The first-order valence-electron chi connectivity index (χ1n) is 4.37. The highest BCUT2D eigenvalue weighted by Gasteiger charge is 2.12. The zero-order valence-corrected chi connectivity index (χ0v) is 9.02. The van der Waals surface area contributed by atoms with Gasteiger partial charge in [-0.2, -0.15) is 0 Å². The Morgan fingerprint density at radius 1 is 1.44 bits per heavy atom. The Balaban J connectivity index is 2.10. The molecule has 0 radical (unpaired) electrons. The van der Waals surface area contributed by atoms with Gasteiger partial charge in [0.05, 0.1) is 18.1 Å². The average Bonchev–Trinajstić information content (AvgIpc) is 2.68. The molecule has 2 heterocycles. The molecule has 0 aliphatic heterocycles. The molecule has 0 atom stereocenters. The van der Waals surface area contributed by atoms with Crippen molar-refractivity contribution in [3.8, 4) is 0 Å².